The van der Waals surface area contributed by atoms with E-state index in [1.165, 1.54) is 4.88 Å². The van der Waals surface area contributed by atoms with E-state index < -0.39 is 0 Å². The Balaban J connectivity index is 2.25. The molecule has 5 heteroatoms. The van der Waals surface area contributed by atoms with Gasteiger partial charge in [-0.15, -0.1) is 11.3 Å². The van der Waals surface area contributed by atoms with Crippen molar-refractivity contribution < 1.29 is 0 Å². The zero-order valence-electron chi connectivity index (χ0n) is 7.56. The van der Waals surface area contributed by atoms with Gasteiger partial charge in [-0.25, -0.2) is 0 Å². The highest BCUT2D eigenvalue weighted by Crippen LogP contribution is 2.08. The van der Waals surface area contributed by atoms with Crippen molar-refractivity contribution in [3.8, 4) is 0 Å². The molecule has 72 valence electrons. The molecular weight excluding hydrogens is 202 g/mol. The van der Waals surface area contributed by atoms with E-state index in [2.05, 4.69) is 16.9 Å². The number of hydrogen-bond acceptors (Lipinski definition) is 4. The first-order valence-electron chi connectivity index (χ1n) is 4.02. The summed E-state index contributed by atoms with van der Waals surface area (Å²) in [5, 5.41) is 0. The molecule has 13 heavy (non-hydrogen) atoms. The maximum absolute atomic E-state index is 5.41. The van der Waals surface area contributed by atoms with Gasteiger partial charge in [0.2, 0.25) is 0 Å². The fourth-order valence-electron chi connectivity index (χ4n) is 0.966. The van der Waals surface area contributed by atoms with Gasteiger partial charge in [-0.05, 0) is 7.05 Å². The lowest BCUT2D eigenvalue weighted by molar-refractivity contribution is 0.340. The second-order valence-corrected chi connectivity index (χ2v) is 4.42. The lowest BCUT2D eigenvalue weighted by Crippen LogP contribution is -2.22. The summed E-state index contributed by atoms with van der Waals surface area (Å²) in [5.74, 6) is 0. The summed E-state index contributed by atoms with van der Waals surface area (Å²) in [7, 11) is 2.05. The van der Waals surface area contributed by atoms with Gasteiger partial charge < -0.3 is 10.6 Å². The maximum atomic E-state index is 5.41. The standard InChI is InChI=1S/C8H13N3S2/c1-11(3-2-8(9)12)5-7-4-10-6-13-7/h4,6H,2-3,5H2,1H3,(H2,9,12). The van der Waals surface area contributed by atoms with Gasteiger partial charge >= 0.3 is 0 Å². The van der Waals surface area contributed by atoms with E-state index in [-0.39, 0.29) is 0 Å². The molecule has 0 unspecified atom stereocenters. The highest BCUT2D eigenvalue weighted by molar-refractivity contribution is 7.80. The number of thiazole rings is 1. The summed E-state index contributed by atoms with van der Waals surface area (Å²) in [5.41, 5.74) is 7.25. The first kappa shape index (κ1) is 10.6. The molecule has 0 aliphatic heterocycles. The van der Waals surface area contributed by atoms with Gasteiger partial charge in [-0.2, -0.15) is 0 Å². The number of rotatable bonds is 5. The summed E-state index contributed by atoms with van der Waals surface area (Å²) >= 11 is 6.47. The van der Waals surface area contributed by atoms with Crippen molar-refractivity contribution in [2.24, 2.45) is 5.73 Å². The quantitative estimate of drug-likeness (QED) is 0.751. The van der Waals surface area contributed by atoms with Crippen LogP contribution in [0.2, 0.25) is 0 Å². The number of hydrogen-bond donors (Lipinski definition) is 1. The lowest BCUT2D eigenvalue weighted by Gasteiger charge is -2.14. The zero-order chi connectivity index (χ0) is 9.68. The molecule has 1 aromatic heterocycles. The highest BCUT2D eigenvalue weighted by atomic mass is 32.1. The molecule has 0 amide bonds. The van der Waals surface area contributed by atoms with E-state index >= 15 is 0 Å². The molecule has 1 rings (SSSR count). The Morgan fingerprint density at radius 3 is 3.08 bits per heavy atom. The van der Waals surface area contributed by atoms with E-state index in [1.807, 2.05) is 11.7 Å². The zero-order valence-corrected chi connectivity index (χ0v) is 9.20. The van der Waals surface area contributed by atoms with Crippen molar-refractivity contribution in [3.05, 3.63) is 16.6 Å². The average molecular weight is 215 g/mol. The van der Waals surface area contributed by atoms with E-state index in [0.29, 0.717) is 4.99 Å². The largest absolute Gasteiger partial charge is 0.393 e. The second kappa shape index (κ2) is 5.26. The predicted molar refractivity (Wildman–Crippen MR) is 59.9 cm³/mol. The minimum Gasteiger partial charge on any atom is -0.393 e. The number of nitrogens with two attached hydrogens (primary N) is 1. The van der Waals surface area contributed by atoms with Crippen LogP contribution in [0.3, 0.4) is 0 Å². The van der Waals surface area contributed by atoms with E-state index in [4.69, 9.17) is 18.0 Å². The van der Waals surface area contributed by atoms with Crippen LogP contribution in [0.4, 0.5) is 0 Å². The van der Waals surface area contributed by atoms with Crippen LogP contribution >= 0.6 is 23.6 Å². The van der Waals surface area contributed by atoms with Gasteiger partial charge in [-0.3, -0.25) is 4.98 Å². The van der Waals surface area contributed by atoms with Gasteiger partial charge in [0.15, 0.2) is 0 Å². The monoisotopic (exact) mass is 215 g/mol. The van der Waals surface area contributed by atoms with Crippen molar-refractivity contribution in [1.82, 2.24) is 9.88 Å². The van der Waals surface area contributed by atoms with E-state index in [0.717, 1.165) is 19.5 Å². The van der Waals surface area contributed by atoms with Crippen LogP contribution in [0.15, 0.2) is 11.7 Å². The van der Waals surface area contributed by atoms with E-state index in [1.54, 1.807) is 11.3 Å². The molecule has 0 spiro atoms. The van der Waals surface area contributed by atoms with Crippen molar-refractivity contribution in [2.75, 3.05) is 13.6 Å². The molecule has 1 heterocycles. The normalized spacial score (nSPS) is 10.6. The number of aromatic nitrogens is 1. The second-order valence-electron chi connectivity index (χ2n) is 2.92. The highest BCUT2D eigenvalue weighted by Gasteiger charge is 2.01. The number of nitrogens with zero attached hydrogens (tertiary/aromatic N) is 2. The topological polar surface area (TPSA) is 42.1 Å². The van der Waals surface area contributed by atoms with Gasteiger partial charge in [0.05, 0.1) is 10.5 Å². The molecule has 0 fully saturated rings. The van der Waals surface area contributed by atoms with Gasteiger partial charge in [0.1, 0.15) is 0 Å². The first-order valence-corrected chi connectivity index (χ1v) is 5.31. The Kier molecular flexibility index (Phi) is 4.27. The van der Waals surface area contributed by atoms with Crippen LogP contribution in [-0.2, 0) is 6.54 Å². The van der Waals surface area contributed by atoms with Crippen LogP contribution in [0.1, 0.15) is 11.3 Å². The third kappa shape index (κ3) is 4.31. The third-order valence-electron chi connectivity index (χ3n) is 1.65. The summed E-state index contributed by atoms with van der Waals surface area (Å²) in [6.45, 7) is 1.83. The van der Waals surface area contributed by atoms with Crippen LogP contribution in [-0.4, -0.2) is 28.5 Å². The summed E-state index contributed by atoms with van der Waals surface area (Å²) in [6, 6.07) is 0. The molecule has 3 nitrogen and oxygen atoms in total. The van der Waals surface area contributed by atoms with Crippen molar-refractivity contribution >= 4 is 28.5 Å². The van der Waals surface area contributed by atoms with Gasteiger partial charge in [0.25, 0.3) is 0 Å². The van der Waals surface area contributed by atoms with Crippen LogP contribution in [0.25, 0.3) is 0 Å². The molecule has 0 bridgehead atoms. The van der Waals surface area contributed by atoms with E-state index in [9.17, 15) is 0 Å². The molecule has 0 radical (unpaired) electrons. The van der Waals surface area contributed by atoms with Crippen molar-refractivity contribution in [1.29, 1.82) is 0 Å². The summed E-state index contributed by atoms with van der Waals surface area (Å²) < 4.78 is 0. The Bertz CT molecular complexity index is 258. The average Bonchev–Trinajstić information content (AvgIpc) is 2.53. The minimum atomic E-state index is 0.580. The molecular formula is C8H13N3S2. The maximum Gasteiger partial charge on any atom is 0.0794 e. The fraction of sp³-hybridized carbons (Fsp3) is 0.500. The Morgan fingerprint density at radius 2 is 2.54 bits per heavy atom. The molecule has 0 saturated carbocycles. The first-order chi connectivity index (χ1) is 6.18. The van der Waals surface area contributed by atoms with Crippen molar-refractivity contribution in [3.63, 3.8) is 0 Å². The Morgan fingerprint density at radius 1 is 1.77 bits per heavy atom. The third-order valence-corrected chi connectivity index (χ3v) is 2.62. The van der Waals surface area contributed by atoms with Gasteiger partial charge in [0, 0.05) is 30.6 Å². The number of thiocarbonyl (C=S) groups is 1. The lowest BCUT2D eigenvalue weighted by atomic mass is 10.4. The SMILES string of the molecule is CN(CCC(N)=S)Cc1cncs1. The van der Waals surface area contributed by atoms with Crippen molar-refractivity contribution in [2.45, 2.75) is 13.0 Å². The van der Waals surface area contributed by atoms with Crippen LogP contribution in [0.5, 0.6) is 0 Å². The van der Waals surface area contributed by atoms with Gasteiger partial charge in [-0.1, -0.05) is 12.2 Å². The molecule has 0 aromatic carbocycles. The molecule has 0 aliphatic rings. The fourth-order valence-corrected chi connectivity index (χ4v) is 1.73. The molecule has 1 aromatic rings. The molecule has 0 atom stereocenters. The Hall–Kier alpha value is -0.520. The van der Waals surface area contributed by atoms with Crippen LogP contribution < -0.4 is 5.73 Å². The molecule has 0 saturated heterocycles. The predicted octanol–water partition coefficient (Wildman–Crippen LogP) is 1.25. The van der Waals surface area contributed by atoms with Crippen LogP contribution in [0, 0.1) is 0 Å². The minimum absolute atomic E-state index is 0.580. The summed E-state index contributed by atoms with van der Waals surface area (Å²) in [4.78, 5) is 8.05. The summed E-state index contributed by atoms with van der Waals surface area (Å²) in [6.07, 6.45) is 2.67. The Labute approximate surface area is 87.6 Å². The molecule has 0 aliphatic carbocycles. The molecule has 2 N–H and O–H groups in total. The smallest absolute Gasteiger partial charge is 0.0794 e.